The third kappa shape index (κ3) is 14.5. The van der Waals surface area contributed by atoms with E-state index in [9.17, 15) is 4.79 Å². The molecule has 1 aliphatic rings. The number of hydrogen-bond acceptors (Lipinski definition) is 4. The Kier molecular flexibility index (Phi) is 15.5. The molecule has 6 heteroatoms. The Morgan fingerprint density at radius 1 is 1.20 bits per heavy atom. The highest BCUT2D eigenvalue weighted by Gasteiger charge is 2.12. The highest BCUT2D eigenvalue weighted by Crippen LogP contribution is 2.17. The number of hydroxylamine groups is 1. The third-order valence-electron chi connectivity index (χ3n) is 3.26. The van der Waals surface area contributed by atoms with Gasteiger partial charge in [0.15, 0.2) is 23.0 Å². The maximum atomic E-state index is 10.4. The number of nitrogens with one attached hydrogen (secondary N) is 2. The van der Waals surface area contributed by atoms with Crippen LogP contribution in [0.5, 0.6) is 0 Å². The van der Waals surface area contributed by atoms with Crippen molar-refractivity contribution < 1.29 is 13.0 Å². The second kappa shape index (κ2) is 15.5. The largest absolute Gasteiger partial charge is 0.356 e. The van der Waals surface area contributed by atoms with Crippen LogP contribution < -0.4 is 10.8 Å². The Hall–Kier alpha value is 0.0800. The van der Waals surface area contributed by atoms with Gasteiger partial charge in [0.05, 0.1) is 0 Å². The molecule has 0 aromatic carbocycles. The molecule has 0 aliphatic heterocycles. The molecule has 0 bridgehead atoms. The molecule has 20 heavy (non-hydrogen) atoms. The zero-order valence-corrected chi connectivity index (χ0v) is 14.9. The molecule has 1 rings (SSSR count). The molecule has 0 heterocycles. The van der Waals surface area contributed by atoms with Gasteiger partial charge in [-0.1, -0.05) is 45.4 Å². The number of rotatable bonds is 8. The van der Waals surface area contributed by atoms with Gasteiger partial charge in [-0.25, -0.2) is 0 Å². The van der Waals surface area contributed by atoms with Crippen molar-refractivity contribution in [3.63, 3.8) is 0 Å². The minimum Gasteiger partial charge on any atom is -0.356 e. The van der Waals surface area contributed by atoms with Crippen molar-refractivity contribution in [2.45, 2.75) is 77.7 Å². The van der Waals surface area contributed by atoms with Crippen LogP contribution in [0.25, 0.3) is 0 Å². The summed E-state index contributed by atoms with van der Waals surface area (Å²) in [6.45, 7) is 4.58. The van der Waals surface area contributed by atoms with Crippen molar-refractivity contribution in [3.8, 4) is 0 Å². The normalized spacial score (nSPS) is 15.3. The highest BCUT2D eigenvalue weighted by atomic mass is 127. The maximum Gasteiger partial charge on any atom is 0.216 e. The Morgan fingerprint density at radius 3 is 2.45 bits per heavy atom. The summed E-state index contributed by atoms with van der Waals surface area (Å²) in [6.07, 6.45) is 11.3. The Bertz CT molecular complexity index is 224. The van der Waals surface area contributed by atoms with E-state index in [1.165, 1.54) is 51.4 Å². The summed E-state index contributed by atoms with van der Waals surface area (Å²) >= 11 is 1.70. The van der Waals surface area contributed by atoms with Gasteiger partial charge >= 0.3 is 0 Å². The van der Waals surface area contributed by atoms with Crippen molar-refractivity contribution in [2.24, 2.45) is 0 Å². The molecule has 0 radical (unpaired) electrons. The van der Waals surface area contributed by atoms with Crippen molar-refractivity contribution in [1.82, 2.24) is 10.8 Å². The summed E-state index contributed by atoms with van der Waals surface area (Å²) in [6, 6.07) is 0.503. The van der Waals surface area contributed by atoms with Gasteiger partial charge in [-0.15, -0.1) is 8.21 Å². The van der Waals surface area contributed by atoms with Crippen molar-refractivity contribution in [1.29, 1.82) is 0 Å². The zero-order chi connectivity index (χ0) is 15.1. The van der Waals surface area contributed by atoms with Crippen LogP contribution in [-0.4, -0.2) is 18.5 Å². The number of amides is 1. The molecule has 1 amide bonds. The van der Waals surface area contributed by atoms with Crippen LogP contribution in [0.1, 0.15) is 71.6 Å². The van der Waals surface area contributed by atoms with E-state index < -0.39 is 0 Å². The van der Waals surface area contributed by atoms with E-state index >= 15 is 0 Å². The lowest BCUT2D eigenvalue weighted by Crippen LogP contribution is -2.30. The van der Waals surface area contributed by atoms with Gasteiger partial charge in [-0.3, -0.25) is 4.79 Å². The van der Waals surface area contributed by atoms with E-state index in [4.69, 9.17) is 0 Å². The van der Waals surface area contributed by atoms with Crippen LogP contribution >= 0.6 is 23.0 Å². The molecule has 0 aromatic rings. The van der Waals surface area contributed by atoms with Crippen LogP contribution in [0.2, 0.25) is 0 Å². The van der Waals surface area contributed by atoms with Gasteiger partial charge in [0.1, 0.15) is 0 Å². The fourth-order valence-corrected chi connectivity index (χ4v) is 2.23. The fourth-order valence-electron chi connectivity index (χ4n) is 2.12. The molecular formula is C14H29IN2O3. The minimum atomic E-state index is 0.0801. The molecule has 5 nitrogen and oxygen atoms in total. The van der Waals surface area contributed by atoms with Gasteiger partial charge in [0, 0.05) is 19.5 Å². The molecule has 0 saturated heterocycles. The van der Waals surface area contributed by atoms with Crippen LogP contribution in [0.3, 0.4) is 0 Å². The average molecular weight is 400 g/mol. The number of carbonyl (C=O) groups excluding carboxylic acids is 1. The van der Waals surface area contributed by atoms with E-state index in [1.54, 1.807) is 29.9 Å². The van der Waals surface area contributed by atoms with E-state index in [0.717, 1.165) is 13.0 Å². The lowest BCUT2D eigenvalue weighted by atomic mass is 9.96. The smallest absolute Gasteiger partial charge is 0.216 e. The van der Waals surface area contributed by atoms with Gasteiger partial charge in [0.2, 0.25) is 5.91 Å². The second-order valence-corrected chi connectivity index (χ2v) is 5.50. The molecule has 1 aliphatic carbocycles. The van der Waals surface area contributed by atoms with E-state index in [2.05, 4.69) is 25.9 Å². The van der Waals surface area contributed by atoms with Gasteiger partial charge in [0.25, 0.3) is 0 Å². The lowest BCUT2D eigenvalue weighted by molar-refractivity contribution is -0.234. The Morgan fingerprint density at radius 2 is 1.90 bits per heavy atom. The quantitative estimate of drug-likeness (QED) is 0.282. The van der Waals surface area contributed by atoms with Gasteiger partial charge in [-0.05, 0) is 19.3 Å². The van der Waals surface area contributed by atoms with Gasteiger partial charge < -0.3 is 5.32 Å². The molecular weight excluding hydrogens is 371 g/mol. The molecule has 2 N–H and O–H groups in total. The van der Waals surface area contributed by atoms with Crippen LogP contribution in [0.15, 0.2) is 0 Å². The molecule has 0 aromatic heterocycles. The predicted molar refractivity (Wildman–Crippen MR) is 89.0 cm³/mol. The number of carbonyl (C=O) groups is 1. The summed E-state index contributed by atoms with van der Waals surface area (Å²) in [5.74, 6) is 0.0801. The predicted octanol–water partition coefficient (Wildman–Crippen LogP) is 3.82. The number of hydrogen-bond donors (Lipinski definition) is 2. The first-order chi connectivity index (χ1) is 9.70. The summed E-state index contributed by atoms with van der Waals surface area (Å²) in [5, 5.41) is 2.77. The van der Waals surface area contributed by atoms with Crippen LogP contribution in [-0.2, 0) is 13.0 Å². The highest BCUT2D eigenvalue weighted by molar-refractivity contribution is 14.1. The summed E-state index contributed by atoms with van der Waals surface area (Å²) in [5.41, 5.74) is 2.84. The third-order valence-corrected chi connectivity index (χ3v) is 3.44. The standard InChI is InChI=1S/C8H17NO.C6H12INO2/c1-3-4-5-6-7-9-8(2)10;7-9-10-8-6-4-2-1-3-5-6/h3-7H2,1-2H3,(H,9,10);6,8H,1-5H2. The monoisotopic (exact) mass is 400 g/mol. The summed E-state index contributed by atoms with van der Waals surface area (Å²) < 4.78 is 4.40. The maximum absolute atomic E-state index is 10.4. The average Bonchev–Trinajstić information content (AvgIpc) is 2.46. The second-order valence-electron chi connectivity index (χ2n) is 5.14. The Labute approximate surface area is 137 Å². The number of halogens is 1. The van der Waals surface area contributed by atoms with Crippen LogP contribution in [0, 0.1) is 0 Å². The molecule has 0 unspecified atom stereocenters. The summed E-state index contributed by atoms with van der Waals surface area (Å²) in [4.78, 5) is 15.0. The first-order valence-electron chi connectivity index (χ1n) is 7.65. The van der Waals surface area contributed by atoms with E-state index in [0.29, 0.717) is 6.04 Å². The van der Waals surface area contributed by atoms with Crippen LogP contribution in [0.4, 0.5) is 0 Å². The van der Waals surface area contributed by atoms with Gasteiger partial charge in [-0.2, -0.15) is 5.48 Å². The topological polar surface area (TPSA) is 59.6 Å². The molecule has 1 saturated carbocycles. The fraction of sp³-hybridized carbons (Fsp3) is 0.929. The van der Waals surface area contributed by atoms with E-state index in [1.807, 2.05) is 0 Å². The Balaban J connectivity index is 0.000000361. The van der Waals surface area contributed by atoms with E-state index in [-0.39, 0.29) is 5.91 Å². The van der Waals surface area contributed by atoms with Crippen molar-refractivity contribution in [3.05, 3.63) is 0 Å². The first kappa shape index (κ1) is 20.1. The molecule has 0 atom stereocenters. The minimum absolute atomic E-state index is 0.0801. The lowest BCUT2D eigenvalue weighted by Gasteiger charge is -2.20. The van der Waals surface area contributed by atoms with Crippen molar-refractivity contribution >= 4 is 28.9 Å². The number of unbranched alkanes of at least 4 members (excludes halogenated alkanes) is 3. The zero-order valence-electron chi connectivity index (χ0n) is 12.8. The summed E-state index contributed by atoms with van der Waals surface area (Å²) in [7, 11) is 0. The molecule has 1 fully saturated rings. The molecule has 0 spiro atoms. The molecule has 120 valence electrons. The first-order valence-corrected chi connectivity index (χ1v) is 8.53. The van der Waals surface area contributed by atoms with Crippen molar-refractivity contribution in [2.75, 3.05) is 6.54 Å². The SMILES string of the molecule is CCCCCCNC(C)=O.IOONC1CCCCC1.